The van der Waals surface area contributed by atoms with Crippen molar-refractivity contribution >= 4 is 29.3 Å². The summed E-state index contributed by atoms with van der Waals surface area (Å²) >= 11 is 1.54. The van der Waals surface area contributed by atoms with Gasteiger partial charge in [0, 0.05) is 5.56 Å². The van der Waals surface area contributed by atoms with Crippen molar-refractivity contribution in [3.8, 4) is 5.69 Å². The Bertz CT molecular complexity index is 982. The Morgan fingerprint density at radius 3 is 2.50 bits per heavy atom. The summed E-state index contributed by atoms with van der Waals surface area (Å²) in [4.78, 5) is 28.6. The lowest BCUT2D eigenvalue weighted by Crippen LogP contribution is -2.12. The molecule has 0 saturated heterocycles. The maximum atomic E-state index is 12.4. The molecule has 0 unspecified atom stereocenters. The first-order valence-electron chi connectivity index (χ1n) is 8.67. The second kappa shape index (κ2) is 8.71. The molecule has 28 heavy (non-hydrogen) atoms. The first-order valence-corrected chi connectivity index (χ1v) is 9.89. The molecule has 1 aromatic carbocycles. The fourth-order valence-electron chi connectivity index (χ4n) is 2.61. The van der Waals surface area contributed by atoms with Gasteiger partial charge in [0.2, 0.25) is 0 Å². The topological polar surface area (TPSA) is 86.1 Å². The Hall–Kier alpha value is -3.13. The van der Waals surface area contributed by atoms with Gasteiger partial charge in [0.1, 0.15) is 5.56 Å². The van der Waals surface area contributed by atoms with Crippen LogP contribution in [-0.2, 0) is 4.74 Å². The van der Waals surface area contributed by atoms with E-state index in [9.17, 15) is 9.59 Å². The third kappa shape index (κ3) is 4.23. The number of nitrogens with zero attached hydrogens (tertiary/aromatic N) is 3. The molecule has 0 atom stereocenters. The van der Waals surface area contributed by atoms with E-state index in [1.807, 2.05) is 18.4 Å². The van der Waals surface area contributed by atoms with Gasteiger partial charge in [-0.2, -0.15) is 5.10 Å². The fraction of sp³-hybridized carbons (Fsp3) is 0.200. The van der Waals surface area contributed by atoms with E-state index >= 15 is 0 Å². The van der Waals surface area contributed by atoms with Gasteiger partial charge in [0.25, 0.3) is 5.91 Å². The number of esters is 1. The Balaban J connectivity index is 1.74. The van der Waals surface area contributed by atoms with Gasteiger partial charge in [-0.25, -0.2) is 14.5 Å². The maximum absolute atomic E-state index is 12.4. The predicted octanol–water partition coefficient (Wildman–Crippen LogP) is 3.73. The number of anilines is 1. The third-order valence-electron chi connectivity index (χ3n) is 4.08. The van der Waals surface area contributed by atoms with Crippen LogP contribution < -0.4 is 5.32 Å². The van der Waals surface area contributed by atoms with Crippen molar-refractivity contribution in [3.05, 3.63) is 65.6 Å². The summed E-state index contributed by atoms with van der Waals surface area (Å²) in [5.41, 5.74) is 2.98. The number of ether oxygens (including phenoxy) is 1. The van der Waals surface area contributed by atoms with Crippen LogP contribution in [0.5, 0.6) is 0 Å². The zero-order chi connectivity index (χ0) is 20.1. The Labute approximate surface area is 167 Å². The summed E-state index contributed by atoms with van der Waals surface area (Å²) < 4.78 is 6.67. The number of aromatic nitrogens is 3. The van der Waals surface area contributed by atoms with E-state index < -0.39 is 5.97 Å². The zero-order valence-electron chi connectivity index (χ0n) is 15.8. The van der Waals surface area contributed by atoms with Gasteiger partial charge in [0.15, 0.2) is 0 Å². The normalized spacial score (nSPS) is 10.5. The van der Waals surface area contributed by atoms with E-state index in [1.54, 1.807) is 49.0 Å². The second-order valence-corrected chi connectivity index (χ2v) is 6.69. The van der Waals surface area contributed by atoms with Crippen LogP contribution in [0.25, 0.3) is 5.69 Å². The van der Waals surface area contributed by atoms with E-state index in [-0.39, 0.29) is 5.91 Å². The van der Waals surface area contributed by atoms with Crippen LogP contribution in [0.3, 0.4) is 0 Å². The number of rotatable bonds is 6. The maximum Gasteiger partial charge on any atom is 0.341 e. The van der Waals surface area contributed by atoms with E-state index in [0.29, 0.717) is 29.1 Å². The van der Waals surface area contributed by atoms with Crippen molar-refractivity contribution in [3.63, 3.8) is 0 Å². The molecule has 0 radical (unpaired) electrons. The number of carbonyl (C=O) groups excluding carboxylic acids is 2. The van der Waals surface area contributed by atoms with Crippen LogP contribution in [-0.4, -0.2) is 39.5 Å². The number of carbonyl (C=O) groups is 2. The van der Waals surface area contributed by atoms with Gasteiger partial charge in [-0.15, -0.1) is 11.8 Å². The molecule has 0 fully saturated rings. The van der Waals surface area contributed by atoms with Crippen LogP contribution in [0.4, 0.5) is 5.69 Å². The van der Waals surface area contributed by atoms with Crippen LogP contribution in [0, 0.1) is 6.92 Å². The molecular weight excluding hydrogens is 376 g/mol. The predicted molar refractivity (Wildman–Crippen MR) is 108 cm³/mol. The molecule has 144 valence electrons. The van der Waals surface area contributed by atoms with Crippen molar-refractivity contribution < 1.29 is 14.3 Å². The fourth-order valence-corrected chi connectivity index (χ4v) is 2.97. The van der Waals surface area contributed by atoms with Crippen LogP contribution in [0.2, 0.25) is 0 Å². The number of amides is 1. The molecule has 8 heteroatoms. The smallest absolute Gasteiger partial charge is 0.341 e. The number of hydrogen-bond donors (Lipinski definition) is 1. The SMILES string of the molecule is CCOC(=O)c1cnn(-c2ccc(C(=O)Nc3ccc(SC)nc3)cc2)c1C. The number of benzene rings is 1. The van der Waals surface area contributed by atoms with Gasteiger partial charge in [-0.3, -0.25) is 4.79 Å². The van der Waals surface area contributed by atoms with Gasteiger partial charge in [-0.05, 0) is 56.5 Å². The quantitative estimate of drug-likeness (QED) is 0.505. The lowest BCUT2D eigenvalue weighted by Gasteiger charge is -2.08. The molecule has 3 rings (SSSR count). The average molecular weight is 396 g/mol. The summed E-state index contributed by atoms with van der Waals surface area (Å²) in [5.74, 6) is -0.627. The molecule has 0 aliphatic carbocycles. The summed E-state index contributed by atoms with van der Waals surface area (Å²) in [6, 6.07) is 10.6. The minimum Gasteiger partial charge on any atom is -0.462 e. The molecule has 0 saturated carbocycles. The molecule has 0 aliphatic rings. The number of thioether (sulfide) groups is 1. The summed E-state index contributed by atoms with van der Waals surface area (Å²) in [6.45, 7) is 3.86. The van der Waals surface area contributed by atoms with Gasteiger partial charge in [0.05, 0.1) is 41.1 Å². The Morgan fingerprint density at radius 1 is 1.14 bits per heavy atom. The molecule has 1 N–H and O–H groups in total. The van der Waals surface area contributed by atoms with E-state index in [0.717, 1.165) is 10.7 Å². The molecule has 0 spiro atoms. The van der Waals surface area contributed by atoms with Crippen LogP contribution in [0.1, 0.15) is 33.3 Å². The van der Waals surface area contributed by atoms with Crippen molar-refractivity contribution in [2.75, 3.05) is 18.2 Å². The van der Waals surface area contributed by atoms with Crippen molar-refractivity contribution in [1.29, 1.82) is 0 Å². The van der Waals surface area contributed by atoms with Crippen molar-refractivity contribution in [2.45, 2.75) is 18.9 Å². The Kier molecular flexibility index (Phi) is 6.10. The highest BCUT2D eigenvalue weighted by atomic mass is 32.2. The highest BCUT2D eigenvalue weighted by Gasteiger charge is 2.16. The molecular formula is C20H20N4O3S. The average Bonchev–Trinajstić information content (AvgIpc) is 3.10. The van der Waals surface area contributed by atoms with Crippen LogP contribution in [0.15, 0.2) is 53.8 Å². The third-order valence-corrected chi connectivity index (χ3v) is 4.74. The minimum absolute atomic E-state index is 0.227. The summed E-state index contributed by atoms with van der Waals surface area (Å²) in [5, 5.41) is 7.96. The zero-order valence-corrected chi connectivity index (χ0v) is 16.6. The van der Waals surface area contributed by atoms with Gasteiger partial charge < -0.3 is 10.1 Å². The first-order chi connectivity index (χ1) is 13.5. The molecule has 2 aromatic heterocycles. The lowest BCUT2D eigenvalue weighted by atomic mass is 10.2. The highest BCUT2D eigenvalue weighted by molar-refractivity contribution is 7.98. The van der Waals surface area contributed by atoms with Gasteiger partial charge >= 0.3 is 5.97 Å². The largest absolute Gasteiger partial charge is 0.462 e. The summed E-state index contributed by atoms with van der Waals surface area (Å²) in [7, 11) is 0. The molecule has 0 aliphatic heterocycles. The van der Waals surface area contributed by atoms with Gasteiger partial charge in [-0.1, -0.05) is 0 Å². The lowest BCUT2D eigenvalue weighted by molar-refractivity contribution is 0.0525. The molecule has 7 nitrogen and oxygen atoms in total. The van der Waals surface area contributed by atoms with Crippen molar-refractivity contribution in [2.24, 2.45) is 0 Å². The Morgan fingerprint density at radius 2 is 1.89 bits per heavy atom. The highest BCUT2D eigenvalue weighted by Crippen LogP contribution is 2.18. The van der Waals surface area contributed by atoms with E-state index in [1.165, 1.54) is 18.0 Å². The molecule has 0 bridgehead atoms. The van der Waals surface area contributed by atoms with E-state index in [2.05, 4.69) is 15.4 Å². The monoisotopic (exact) mass is 396 g/mol. The molecule has 1 amide bonds. The van der Waals surface area contributed by atoms with E-state index in [4.69, 9.17) is 4.74 Å². The second-order valence-electron chi connectivity index (χ2n) is 5.87. The summed E-state index contributed by atoms with van der Waals surface area (Å²) in [6.07, 6.45) is 5.06. The minimum atomic E-state index is -0.400. The first kappa shape index (κ1) is 19.6. The molecule has 3 aromatic rings. The number of nitrogens with one attached hydrogen (secondary N) is 1. The number of hydrogen-bond acceptors (Lipinski definition) is 6. The van der Waals surface area contributed by atoms with Crippen LogP contribution >= 0.6 is 11.8 Å². The standard InChI is InChI=1S/C20H20N4O3S/c1-4-27-20(26)17-12-22-24(13(17)2)16-8-5-14(6-9-16)19(25)23-15-7-10-18(28-3)21-11-15/h5-12H,4H2,1-3H3,(H,23,25). The van der Waals surface area contributed by atoms with Crippen molar-refractivity contribution in [1.82, 2.24) is 14.8 Å². The molecule has 2 heterocycles. The number of pyridine rings is 1.